The zero-order chi connectivity index (χ0) is 11.2. The summed E-state index contributed by atoms with van der Waals surface area (Å²) in [4.78, 5) is 0. The van der Waals surface area contributed by atoms with E-state index in [4.69, 9.17) is 4.74 Å². The maximum Gasteiger partial charge on any atom is 0.0504 e. The van der Waals surface area contributed by atoms with Crippen molar-refractivity contribution in [3.8, 4) is 0 Å². The van der Waals surface area contributed by atoms with Crippen molar-refractivity contribution >= 4 is 12.6 Å². The molecule has 0 heterocycles. The quantitative estimate of drug-likeness (QED) is 0.529. The van der Waals surface area contributed by atoms with Crippen LogP contribution in [-0.2, 0) is 4.74 Å². The van der Waals surface area contributed by atoms with Crippen LogP contribution in [0.2, 0.25) is 0 Å². The lowest BCUT2D eigenvalue weighted by atomic mass is 9.93. The largest absolute Gasteiger partial charge is 0.381 e. The highest BCUT2D eigenvalue weighted by molar-refractivity contribution is 7.80. The van der Waals surface area contributed by atoms with Crippen molar-refractivity contribution in [2.75, 3.05) is 19.0 Å². The lowest BCUT2D eigenvalue weighted by Gasteiger charge is -2.21. The summed E-state index contributed by atoms with van der Waals surface area (Å²) in [6.45, 7) is 12.9. The predicted molar refractivity (Wildman–Crippen MR) is 67.1 cm³/mol. The van der Waals surface area contributed by atoms with E-state index < -0.39 is 0 Å². The Morgan fingerprint density at radius 2 is 1.79 bits per heavy atom. The zero-order valence-corrected chi connectivity index (χ0v) is 11.2. The molecule has 0 aromatic carbocycles. The van der Waals surface area contributed by atoms with E-state index >= 15 is 0 Å². The van der Waals surface area contributed by atoms with Gasteiger partial charge in [0.2, 0.25) is 0 Å². The highest BCUT2D eigenvalue weighted by atomic mass is 32.1. The summed E-state index contributed by atoms with van der Waals surface area (Å²) >= 11 is 4.33. The Bertz CT molecular complexity index is 138. The third-order valence-corrected chi connectivity index (χ3v) is 2.97. The molecule has 0 amide bonds. The van der Waals surface area contributed by atoms with Gasteiger partial charge in [0.1, 0.15) is 0 Å². The minimum atomic E-state index is 0.383. The molecule has 0 radical (unpaired) electrons. The van der Waals surface area contributed by atoms with Gasteiger partial charge in [0.25, 0.3) is 0 Å². The molecule has 0 aliphatic rings. The summed E-state index contributed by atoms with van der Waals surface area (Å²) < 4.78 is 5.68. The van der Waals surface area contributed by atoms with Crippen LogP contribution in [0, 0.1) is 17.3 Å². The van der Waals surface area contributed by atoms with Gasteiger partial charge in [-0.1, -0.05) is 34.6 Å². The van der Waals surface area contributed by atoms with Gasteiger partial charge in [-0.25, -0.2) is 0 Å². The third kappa shape index (κ3) is 7.69. The van der Waals surface area contributed by atoms with Crippen LogP contribution in [0.1, 0.15) is 41.0 Å². The first kappa shape index (κ1) is 14.3. The molecule has 0 aliphatic heterocycles. The van der Waals surface area contributed by atoms with Crippen molar-refractivity contribution in [2.24, 2.45) is 17.3 Å². The van der Waals surface area contributed by atoms with Crippen molar-refractivity contribution in [1.82, 2.24) is 0 Å². The maximum atomic E-state index is 5.68. The maximum absolute atomic E-state index is 5.68. The first-order valence-corrected chi connectivity index (χ1v) is 6.18. The fraction of sp³-hybridized carbons (Fsp3) is 1.00. The van der Waals surface area contributed by atoms with Crippen LogP contribution in [0.15, 0.2) is 0 Å². The molecule has 0 N–H and O–H groups in total. The van der Waals surface area contributed by atoms with Crippen molar-refractivity contribution in [3.63, 3.8) is 0 Å². The van der Waals surface area contributed by atoms with Crippen LogP contribution < -0.4 is 0 Å². The first-order chi connectivity index (χ1) is 6.37. The van der Waals surface area contributed by atoms with Gasteiger partial charge in [-0.15, -0.1) is 0 Å². The van der Waals surface area contributed by atoms with Crippen LogP contribution in [0.4, 0.5) is 0 Å². The number of thiol groups is 1. The van der Waals surface area contributed by atoms with Gasteiger partial charge >= 0.3 is 0 Å². The van der Waals surface area contributed by atoms with Crippen molar-refractivity contribution in [1.29, 1.82) is 0 Å². The highest BCUT2D eigenvalue weighted by Gasteiger charge is 2.13. The van der Waals surface area contributed by atoms with Crippen LogP contribution >= 0.6 is 12.6 Å². The molecular weight excluding hydrogens is 192 g/mol. The van der Waals surface area contributed by atoms with E-state index in [9.17, 15) is 0 Å². The molecule has 1 atom stereocenters. The molecule has 14 heavy (non-hydrogen) atoms. The second-order valence-electron chi connectivity index (χ2n) is 5.57. The van der Waals surface area contributed by atoms with Crippen LogP contribution in [0.3, 0.4) is 0 Å². The van der Waals surface area contributed by atoms with Gasteiger partial charge in [0, 0.05) is 6.61 Å². The van der Waals surface area contributed by atoms with Gasteiger partial charge in [0.05, 0.1) is 6.61 Å². The molecule has 86 valence electrons. The Kier molecular flexibility index (Phi) is 6.88. The minimum absolute atomic E-state index is 0.383. The van der Waals surface area contributed by atoms with E-state index in [-0.39, 0.29) is 0 Å². The van der Waals surface area contributed by atoms with Gasteiger partial charge in [-0.2, -0.15) is 12.6 Å². The SMILES string of the molecule is CC(C)C(CS)COCCC(C)(C)C. The Morgan fingerprint density at radius 3 is 2.14 bits per heavy atom. The Morgan fingerprint density at radius 1 is 1.21 bits per heavy atom. The second kappa shape index (κ2) is 6.73. The van der Waals surface area contributed by atoms with Crippen LogP contribution in [0.25, 0.3) is 0 Å². The van der Waals surface area contributed by atoms with E-state index in [1.165, 1.54) is 0 Å². The molecule has 0 rings (SSSR count). The molecule has 1 nitrogen and oxygen atoms in total. The topological polar surface area (TPSA) is 9.23 Å². The summed E-state index contributed by atoms with van der Waals surface area (Å²) in [5.74, 6) is 2.19. The van der Waals surface area contributed by atoms with E-state index in [2.05, 4.69) is 47.2 Å². The molecule has 0 aromatic heterocycles. The van der Waals surface area contributed by atoms with Crippen LogP contribution in [0.5, 0.6) is 0 Å². The molecule has 0 saturated heterocycles. The molecule has 0 fully saturated rings. The monoisotopic (exact) mass is 218 g/mol. The number of rotatable bonds is 6. The standard InChI is InChI=1S/C12H26OS/c1-10(2)11(9-14)8-13-7-6-12(3,4)5/h10-11,14H,6-9H2,1-5H3. The number of hydrogen-bond acceptors (Lipinski definition) is 2. The summed E-state index contributed by atoms with van der Waals surface area (Å²) in [6, 6.07) is 0. The molecular formula is C12H26OS. The van der Waals surface area contributed by atoms with Gasteiger partial charge in [-0.3, -0.25) is 0 Å². The third-order valence-electron chi connectivity index (χ3n) is 2.51. The number of hydrogen-bond donors (Lipinski definition) is 1. The van der Waals surface area contributed by atoms with Crippen LogP contribution in [-0.4, -0.2) is 19.0 Å². The van der Waals surface area contributed by atoms with Gasteiger partial charge in [-0.05, 0) is 29.4 Å². The predicted octanol–water partition coefficient (Wildman–Crippen LogP) is 3.64. The van der Waals surface area contributed by atoms with E-state index in [1.807, 2.05) is 0 Å². The van der Waals surface area contributed by atoms with Gasteiger partial charge < -0.3 is 4.74 Å². The molecule has 0 bridgehead atoms. The van der Waals surface area contributed by atoms with Crippen molar-refractivity contribution < 1.29 is 4.74 Å². The summed E-state index contributed by atoms with van der Waals surface area (Å²) in [7, 11) is 0. The number of ether oxygens (including phenoxy) is 1. The van der Waals surface area contributed by atoms with Crippen molar-refractivity contribution in [2.45, 2.75) is 41.0 Å². The summed E-state index contributed by atoms with van der Waals surface area (Å²) in [6.07, 6.45) is 1.13. The fourth-order valence-electron chi connectivity index (χ4n) is 1.07. The lowest BCUT2D eigenvalue weighted by molar-refractivity contribution is 0.0735. The Balaban J connectivity index is 3.52. The summed E-state index contributed by atoms with van der Waals surface area (Å²) in [5.41, 5.74) is 0.383. The zero-order valence-electron chi connectivity index (χ0n) is 10.3. The summed E-state index contributed by atoms with van der Waals surface area (Å²) in [5, 5.41) is 0. The normalized spacial score (nSPS) is 14.8. The van der Waals surface area contributed by atoms with E-state index in [0.717, 1.165) is 25.4 Å². The fourth-order valence-corrected chi connectivity index (χ4v) is 1.60. The average Bonchev–Trinajstić information content (AvgIpc) is 2.01. The second-order valence-corrected chi connectivity index (χ2v) is 5.94. The molecule has 0 aromatic rings. The van der Waals surface area contributed by atoms with Gasteiger partial charge in [0.15, 0.2) is 0 Å². The Hall–Kier alpha value is 0.310. The van der Waals surface area contributed by atoms with Crippen molar-refractivity contribution in [3.05, 3.63) is 0 Å². The highest BCUT2D eigenvalue weighted by Crippen LogP contribution is 2.19. The smallest absolute Gasteiger partial charge is 0.0504 e. The molecule has 0 spiro atoms. The minimum Gasteiger partial charge on any atom is -0.381 e. The molecule has 1 unspecified atom stereocenters. The average molecular weight is 218 g/mol. The van der Waals surface area contributed by atoms with E-state index in [1.54, 1.807) is 0 Å². The molecule has 2 heteroatoms. The Labute approximate surface area is 95.0 Å². The van der Waals surface area contributed by atoms with E-state index in [0.29, 0.717) is 17.3 Å². The first-order valence-electron chi connectivity index (χ1n) is 5.55. The molecule has 0 saturated carbocycles. The lowest BCUT2D eigenvalue weighted by Crippen LogP contribution is -2.19. The molecule has 0 aliphatic carbocycles.